The Kier molecular flexibility index (Phi) is 6.27. The van der Waals surface area contributed by atoms with E-state index in [0.717, 1.165) is 33.6 Å². The fourth-order valence-electron chi connectivity index (χ4n) is 6.86. The third-order valence-electron chi connectivity index (χ3n) is 8.50. The van der Waals surface area contributed by atoms with Crippen molar-refractivity contribution in [2.24, 2.45) is 10.8 Å². The lowest BCUT2D eigenvalue weighted by Crippen LogP contribution is -2.21. The molecular formula is C36H38O3S. The first-order chi connectivity index (χ1) is 18.8. The van der Waals surface area contributed by atoms with E-state index in [1.54, 1.807) is 6.07 Å². The monoisotopic (exact) mass is 550 g/mol. The van der Waals surface area contributed by atoms with Crippen LogP contribution in [0.2, 0.25) is 0 Å². The van der Waals surface area contributed by atoms with Crippen molar-refractivity contribution in [2.45, 2.75) is 70.6 Å². The molecule has 4 aromatic rings. The molecule has 3 nitrogen and oxygen atoms in total. The van der Waals surface area contributed by atoms with Gasteiger partial charge in [0, 0.05) is 17.4 Å². The zero-order valence-electron chi connectivity index (χ0n) is 24.3. The van der Waals surface area contributed by atoms with Gasteiger partial charge >= 0.3 is 0 Å². The summed E-state index contributed by atoms with van der Waals surface area (Å²) in [4.78, 5) is 0.457. The minimum absolute atomic E-state index is 0.00259. The molecule has 2 aliphatic rings. The second kappa shape index (κ2) is 9.34. The quantitative estimate of drug-likeness (QED) is 0.238. The Hall–Kier alpha value is -3.37. The second-order valence-electron chi connectivity index (χ2n) is 13.5. The number of benzene rings is 4. The van der Waals surface area contributed by atoms with Crippen molar-refractivity contribution >= 4 is 9.84 Å². The molecule has 0 fully saturated rings. The van der Waals surface area contributed by atoms with Crippen LogP contribution in [0, 0.1) is 10.8 Å². The van der Waals surface area contributed by atoms with Crippen LogP contribution in [0.1, 0.15) is 86.8 Å². The summed E-state index contributed by atoms with van der Waals surface area (Å²) in [7, 11) is -3.48. The van der Waals surface area contributed by atoms with Crippen LogP contribution in [0.4, 0.5) is 0 Å². The molecule has 2 heterocycles. The van der Waals surface area contributed by atoms with Crippen LogP contribution in [0.15, 0.2) is 89.8 Å². The molecular weight excluding hydrogens is 512 g/mol. The molecule has 2 unspecified atom stereocenters. The number of rotatable bonds is 1. The summed E-state index contributed by atoms with van der Waals surface area (Å²) in [6.45, 7) is 14.0. The third-order valence-corrected chi connectivity index (χ3v) is 10.2. The van der Waals surface area contributed by atoms with Gasteiger partial charge in [0.25, 0.3) is 0 Å². The number of ether oxygens (including phenoxy) is 1. The molecule has 0 amide bonds. The van der Waals surface area contributed by atoms with E-state index in [-0.39, 0.29) is 28.4 Å². The molecule has 0 aromatic heterocycles. The van der Waals surface area contributed by atoms with Gasteiger partial charge in [0.1, 0.15) is 12.4 Å². The van der Waals surface area contributed by atoms with Crippen LogP contribution >= 0.6 is 0 Å². The lowest BCUT2D eigenvalue weighted by molar-refractivity contribution is 0.304. The third kappa shape index (κ3) is 4.56. The van der Waals surface area contributed by atoms with Gasteiger partial charge in [-0.15, -0.1) is 0 Å². The Bertz CT molecular complexity index is 1720. The lowest BCUT2D eigenvalue weighted by Gasteiger charge is -2.33. The summed E-state index contributed by atoms with van der Waals surface area (Å²) < 4.78 is 33.7. The standard InChI is InChI=1S/C36H38O3S/c1-35(2,3)33-27-12-8-7-11-25(27)21-39-31-20-24(16-18-29(31)33)23-15-17-28-26(19-23)22-40(37,38)32-14-10-9-13-30(32)34(28)36(4,5)6/h7-20,33-34H,21-22H2,1-6H3. The summed E-state index contributed by atoms with van der Waals surface area (Å²) in [5.74, 6) is 1.09. The average molecular weight is 551 g/mol. The molecule has 0 bridgehead atoms. The first-order valence-electron chi connectivity index (χ1n) is 14.1. The number of sulfone groups is 1. The molecule has 0 saturated carbocycles. The maximum Gasteiger partial charge on any atom is 0.182 e. The largest absolute Gasteiger partial charge is 0.489 e. The minimum atomic E-state index is -3.48. The molecule has 0 spiro atoms. The van der Waals surface area contributed by atoms with Gasteiger partial charge in [-0.05, 0) is 68.0 Å². The van der Waals surface area contributed by atoms with Crippen LogP contribution in [-0.2, 0) is 22.2 Å². The van der Waals surface area contributed by atoms with E-state index in [1.807, 2.05) is 18.2 Å². The lowest BCUT2D eigenvalue weighted by atomic mass is 9.71. The molecule has 206 valence electrons. The van der Waals surface area contributed by atoms with Crippen molar-refractivity contribution < 1.29 is 13.2 Å². The first-order valence-corrected chi connectivity index (χ1v) is 15.8. The number of fused-ring (bicyclic) bond motifs is 4. The maximum absolute atomic E-state index is 13.6. The van der Waals surface area contributed by atoms with Crippen molar-refractivity contribution in [1.29, 1.82) is 0 Å². The molecule has 0 aliphatic carbocycles. The van der Waals surface area contributed by atoms with Crippen LogP contribution in [-0.4, -0.2) is 8.42 Å². The molecule has 6 rings (SSSR count). The first kappa shape index (κ1) is 26.8. The van der Waals surface area contributed by atoms with E-state index in [0.29, 0.717) is 11.5 Å². The van der Waals surface area contributed by atoms with Crippen molar-refractivity contribution in [1.82, 2.24) is 0 Å². The molecule has 40 heavy (non-hydrogen) atoms. The topological polar surface area (TPSA) is 43.4 Å². The number of hydrogen-bond donors (Lipinski definition) is 0. The Labute approximate surface area is 239 Å². The Balaban J connectivity index is 1.48. The normalized spacial score (nSPS) is 19.6. The molecule has 0 saturated heterocycles. The molecule has 0 radical (unpaired) electrons. The Morgan fingerprint density at radius 3 is 1.88 bits per heavy atom. The minimum Gasteiger partial charge on any atom is -0.489 e. The van der Waals surface area contributed by atoms with Gasteiger partial charge in [0.15, 0.2) is 9.84 Å². The predicted molar refractivity (Wildman–Crippen MR) is 163 cm³/mol. The van der Waals surface area contributed by atoms with Gasteiger partial charge in [-0.3, -0.25) is 0 Å². The fraction of sp³-hybridized carbons (Fsp3) is 0.333. The molecule has 4 aromatic carbocycles. The molecule has 4 heteroatoms. The van der Waals surface area contributed by atoms with E-state index in [4.69, 9.17) is 4.74 Å². The maximum atomic E-state index is 13.6. The molecule has 0 N–H and O–H groups in total. The summed E-state index contributed by atoms with van der Waals surface area (Å²) in [6, 6.07) is 29.0. The van der Waals surface area contributed by atoms with Gasteiger partial charge in [-0.1, -0.05) is 108 Å². The van der Waals surface area contributed by atoms with Crippen LogP contribution in [0.3, 0.4) is 0 Å². The van der Waals surface area contributed by atoms with Crippen molar-refractivity contribution in [2.75, 3.05) is 0 Å². The van der Waals surface area contributed by atoms with E-state index >= 15 is 0 Å². The molecule has 2 aliphatic heterocycles. The zero-order chi connectivity index (χ0) is 28.4. The van der Waals surface area contributed by atoms with Crippen LogP contribution in [0.5, 0.6) is 5.75 Å². The van der Waals surface area contributed by atoms with E-state index in [9.17, 15) is 8.42 Å². The van der Waals surface area contributed by atoms with Gasteiger partial charge in [0.2, 0.25) is 0 Å². The SMILES string of the molecule is CC(C)(C)C1c2ccccc2COc2cc(-c3ccc4c(c3)CS(=O)(=O)c3ccccc3C4C(C)(C)C)ccc21. The Morgan fingerprint density at radius 1 is 0.625 bits per heavy atom. The highest BCUT2D eigenvalue weighted by atomic mass is 32.2. The average Bonchev–Trinajstić information content (AvgIpc) is 3.11. The van der Waals surface area contributed by atoms with Gasteiger partial charge in [-0.25, -0.2) is 8.42 Å². The summed E-state index contributed by atoms with van der Waals surface area (Å²) >= 11 is 0. The fourth-order valence-corrected chi connectivity index (χ4v) is 8.50. The van der Waals surface area contributed by atoms with E-state index in [2.05, 4.69) is 102 Å². The highest BCUT2D eigenvalue weighted by molar-refractivity contribution is 7.90. The molecule has 2 atom stereocenters. The second-order valence-corrected chi connectivity index (χ2v) is 15.5. The van der Waals surface area contributed by atoms with Crippen molar-refractivity contribution in [3.8, 4) is 16.9 Å². The highest BCUT2D eigenvalue weighted by Gasteiger charge is 2.38. The van der Waals surface area contributed by atoms with Gasteiger partial charge in [-0.2, -0.15) is 0 Å². The summed E-state index contributed by atoms with van der Waals surface area (Å²) in [6.07, 6.45) is 0. The number of hydrogen-bond acceptors (Lipinski definition) is 3. The zero-order valence-corrected chi connectivity index (χ0v) is 25.1. The van der Waals surface area contributed by atoms with Crippen molar-refractivity contribution in [3.05, 3.63) is 118 Å². The van der Waals surface area contributed by atoms with Crippen LogP contribution in [0.25, 0.3) is 11.1 Å². The Morgan fingerprint density at radius 2 is 1.18 bits per heavy atom. The summed E-state index contributed by atoms with van der Waals surface area (Å²) in [5, 5.41) is 0. The van der Waals surface area contributed by atoms with E-state index in [1.165, 1.54) is 16.7 Å². The smallest absolute Gasteiger partial charge is 0.182 e. The highest BCUT2D eigenvalue weighted by Crippen LogP contribution is 2.50. The predicted octanol–water partition coefficient (Wildman–Crippen LogP) is 8.89. The van der Waals surface area contributed by atoms with Gasteiger partial charge < -0.3 is 4.74 Å². The summed E-state index contributed by atoms with van der Waals surface area (Å²) in [5.41, 5.74) is 8.52. The van der Waals surface area contributed by atoms with Crippen LogP contribution < -0.4 is 4.74 Å². The van der Waals surface area contributed by atoms with Crippen molar-refractivity contribution in [3.63, 3.8) is 0 Å². The van der Waals surface area contributed by atoms with Gasteiger partial charge in [0.05, 0.1) is 10.6 Å². The van der Waals surface area contributed by atoms with E-state index < -0.39 is 9.84 Å².